The van der Waals surface area contributed by atoms with Crippen molar-refractivity contribution in [3.63, 3.8) is 0 Å². The van der Waals surface area contributed by atoms with Crippen molar-refractivity contribution in [3.05, 3.63) is 29.6 Å². The molecule has 1 saturated carbocycles. The Morgan fingerprint density at radius 2 is 2.17 bits per heavy atom. The van der Waals surface area contributed by atoms with Gasteiger partial charge in [-0.3, -0.25) is 4.98 Å². The fourth-order valence-corrected chi connectivity index (χ4v) is 3.17. The van der Waals surface area contributed by atoms with Gasteiger partial charge in [-0.1, -0.05) is 6.07 Å². The Morgan fingerprint density at radius 3 is 2.87 bits per heavy atom. The molecule has 126 valence electrons. The number of nitrogens with one attached hydrogen (secondary N) is 2. The first kappa shape index (κ1) is 16.2. The zero-order valence-electron chi connectivity index (χ0n) is 14.3. The number of carbonyl (C=O) groups is 1. The van der Waals surface area contributed by atoms with Crippen LogP contribution in [0.1, 0.15) is 57.3 Å². The number of amides is 1. The van der Waals surface area contributed by atoms with Crippen molar-refractivity contribution in [2.75, 3.05) is 6.54 Å². The van der Waals surface area contributed by atoms with E-state index >= 15 is 0 Å². The number of aromatic nitrogens is 1. The van der Waals surface area contributed by atoms with Gasteiger partial charge in [0.2, 0.25) is 0 Å². The molecule has 2 unspecified atom stereocenters. The van der Waals surface area contributed by atoms with Crippen LogP contribution in [-0.4, -0.2) is 29.3 Å². The second-order valence-electron chi connectivity index (χ2n) is 7.64. The van der Waals surface area contributed by atoms with E-state index in [9.17, 15) is 4.79 Å². The van der Waals surface area contributed by atoms with E-state index in [0.29, 0.717) is 12.0 Å². The minimum atomic E-state index is -0.458. The maximum atomic E-state index is 12.0. The molecule has 1 aromatic rings. The number of carbonyl (C=O) groups excluding carboxylic acids is 1. The summed E-state index contributed by atoms with van der Waals surface area (Å²) in [7, 11) is 0. The largest absolute Gasteiger partial charge is 0.444 e. The van der Waals surface area contributed by atoms with E-state index < -0.39 is 5.60 Å². The molecular formula is C18H27N3O2. The van der Waals surface area contributed by atoms with Gasteiger partial charge >= 0.3 is 6.09 Å². The molecule has 0 bridgehead atoms. The van der Waals surface area contributed by atoms with Crippen LogP contribution < -0.4 is 10.6 Å². The fourth-order valence-electron chi connectivity index (χ4n) is 3.17. The molecule has 1 heterocycles. The molecular weight excluding hydrogens is 290 g/mol. The zero-order valence-corrected chi connectivity index (χ0v) is 14.3. The number of aryl methyl sites for hydroxylation is 1. The van der Waals surface area contributed by atoms with Gasteiger partial charge in [0.15, 0.2) is 0 Å². The normalized spacial score (nSPS) is 21.6. The fraction of sp³-hybridized carbons (Fsp3) is 0.667. The molecule has 0 saturated heterocycles. The van der Waals surface area contributed by atoms with Gasteiger partial charge in [-0.05, 0) is 64.0 Å². The molecule has 1 fully saturated rings. The summed E-state index contributed by atoms with van der Waals surface area (Å²) in [6.07, 6.45) is 6.06. The van der Waals surface area contributed by atoms with Crippen LogP contribution in [-0.2, 0) is 11.2 Å². The number of ether oxygens (including phenoxy) is 1. The second kappa shape index (κ2) is 6.48. The summed E-state index contributed by atoms with van der Waals surface area (Å²) in [4.78, 5) is 16.5. The Hall–Kier alpha value is -1.62. The van der Waals surface area contributed by atoms with Gasteiger partial charge in [0.1, 0.15) is 5.60 Å². The first-order chi connectivity index (χ1) is 10.9. The van der Waals surface area contributed by atoms with Gasteiger partial charge in [-0.15, -0.1) is 0 Å². The highest BCUT2D eigenvalue weighted by molar-refractivity contribution is 5.68. The minimum Gasteiger partial charge on any atom is -0.444 e. The Labute approximate surface area is 138 Å². The third kappa shape index (κ3) is 4.44. The van der Waals surface area contributed by atoms with E-state index in [-0.39, 0.29) is 12.1 Å². The first-order valence-corrected chi connectivity index (χ1v) is 8.59. The van der Waals surface area contributed by atoms with Crippen LogP contribution in [0.15, 0.2) is 18.3 Å². The molecule has 2 atom stereocenters. The average molecular weight is 317 g/mol. The lowest BCUT2D eigenvalue weighted by molar-refractivity contribution is 0.0496. The highest BCUT2D eigenvalue weighted by atomic mass is 16.6. The Balaban J connectivity index is 1.54. The van der Waals surface area contributed by atoms with E-state index in [2.05, 4.69) is 21.7 Å². The molecule has 0 aliphatic heterocycles. The minimum absolute atomic E-state index is 0.137. The number of hydrogen-bond donors (Lipinski definition) is 2. The van der Waals surface area contributed by atoms with Gasteiger partial charge in [0.25, 0.3) is 0 Å². The summed E-state index contributed by atoms with van der Waals surface area (Å²) in [5, 5.41) is 6.63. The van der Waals surface area contributed by atoms with Crippen LogP contribution in [0.25, 0.3) is 0 Å². The van der Waals surface area contributed by atoms with Gasteiger partial charge in [0.05, 0.1) is 11.7 Å². The molecule has 23 heavy (non-hydrogen) atoms. The van der Waals surface area contributed by atoms with Gasteiger partial charge in [-0.25, -0.2) is 4.79 Å². The lowest BCUT2D eigenvalue weighted by Gasteiger charge is -2.25. The van der Waals surface area contributed by atoms with Crippen LogP contribution >= 0.6 is 0 Å². The van der Waals surface area contributed by atoms with Gasteiger partial charge < -0.3 is 15.4 Å². The lowest BCUT2D eigenvalue weighted by Crippen LogP contribution is -2.46. The number of fused-ring (bicyclic) bond motifs is 1. The van der Waals surface area contributed by atoms with E-state index in [0.717, 1.165) is 19.4 Å². The summed E-state index contributed by atoms with van der Waals surface area (Å²) in [6.45, 7) is 6.43. The van der Waals surface area contributed by atoms with E-state index in [1.165, 1.54) is 24.1 Å². The van der Waals surface area contributed by atoms with Gasteiger partial charge in [0, 0.05) is 18.8 Å². The smallest absolute Gasteiger partial charge is 0.407 e. The first-order valence-electron chi connectivity index (χ1n) is 8.59. The summed E-state index contributed by atoms with van der Waals surface area (Å²) in [5.41, 5.74) is 2.05. The third-order valence-corrected chi connectivity index (χ3v) is 4.44. The molecule has 2 aliphatic carbocycles. The third-order valence-electron chi connectivity index (χ3n) is 4.44. The number of rotatable bonds is 5. The van der Waals surface area contributed by atoms with Crippen LogP contribution in [0.3, 0.4) is 0 Å². The predicted octanol–water partition coefficient (Wildman–Crippen LogP) is 2.96. The molecule has 0 aromatic carbocycles. The molecule has 3 rings (SSSR count). The van der Waals surface area contributed by atoms with Crippen molar-refractivity contribution in [1.29, 1.82) is 0 Å². The Kier molecular flexibility index (Phi) is 4.57. The maximum Gasteiger partial charge on any atom is 0.407 e. The highest BCUT2D eigenvalue weighted by Crippen LogP contribution is 2.34. The van der Waals surface area contributed by atoms with Gasteiger partial charge in [-0.2, -0.15) is 0 Å². The van der Waals surface area contributed by atoms with Crippen LogP contribution in [0.4, 0.5) is 4.79 Å². The Morgan fingerprint density at radius 1 is 1.39 bits per heavy atom. The average Bonchev–Trinajstić information content (AvgIpc) is 3.23. The molecule has 5 heteroatoms. The number of hydrogen-bond acceptors (Lipinski definition) is 4. The monoisotopic (exact) mass is 317 g/mol. The predicted molar refractivity (Wildman–Crippen MR) is 89.2 cm³/mol. The van der Waals surface area contributed by atoms with E-state index in [4.69, 9.17) is 4.74 Å². The summed E-state index contributed by atoms with van der Waals surface area (Å²) < 4.78 is 5.38. The van der Waals surface area contributed by atoms with Crippen LogP contribution in [0.2, 0.25) is 0 Å². The second-order valence-corrected chi connectivity index (χ2v) is 7.64. The van der Waals surface area contributed by atoms with Crippen molar-refractivity contribution < 1.29 is 9.53 Å². The standard InChI is InChI=1S/C18H27N3O2/c1-18(2,3)23-17(22)21-15(12-6-7-12)11-20-14-9-8-13-5-4-10-19-16(13)14/h4-5,10,12,14-15,20H,6-9,11H2,1-3H3,(H,21,22). The molecule has 5 nitrogen and oxygen atoms in total. The topological polar surface area (TPSA) is 63.2 Å². The SMILES string of the molecule is CC(C)(C)OC(=O)NC(CNC1CCc2cccnc21)C1CC1. The summed E-state index contributed by atoms with van der Waals surface area (Å²) in [5.74, 6) is 0.569. The van der Waals surface area contributed by atoms with E-state index in [1.54, 1.807) is 0 Å². The number of alkyl carbamates (subject to hydrolysis) is 1. The summed E-state index contributed by atoms with van der Waals surface area (Å²) >= 11 is 0. The van der Waals surface area contributed by atoms with E-state index in [1.807, 2.05) is 33.0 Å². The van der Waals surface area contributed by atoms with Crippen molar-refractivity contribution in [1.82, 2.24) is 15.6 Å². The summed E-state index contributed by atoms with van der Waals surface area (Å²) in [6, 6.07) is 4.59. The Bertz CT molecular complexity index is 564. The lowest BCUT2D eigenvalue weighted by atomic mass is 10.1. The van der Waals surface area contributed by atoms with Crippen LogP contribution in [0, 0.1) is 5.92 Å². The highest BCUT2D eigenvalue weighted by Gasteiger charge is 2.34. The molecule has 0 spiro atoms. The van der Waals surface area contributed by atoms with Crippen molar-refractivity contribution >= 4 is 6.09 Å². The number of pyridine rings is 1. The molecule has 2 aliphatic rings. The molecule has 1 amide bonds. The molecule has 0 radical (unpaired) electrons. The van der Waals surface area contributed by atoms with Crippen LogP contribution in [0.5, 0.6) is 0 Å². The maximum absolute atomic E-state index is 12.0. The molecule has 1 aromatic heterocycles. The zero-order chi connectivity index (χ0) is 16.4. The quantitative estimate of drug-likeness (QED) is 0.876. The van der Waals surface area contributed by atoms with Crippen molar-refractivity contribution in [2.45, 2.75) is 64.1 Å². The molecule has 2 N–H and O–H groups in total. The van der Waals surface area contributed by atoms with Crippen molar-refractivity contribution in [2.24, 2.45) is 5.92 Å². The van der Waals surface area contributed by atoms with Crippen molar-refractivity contribution in [3.8, 4) is 0 Å². The number of nitrogens with zero attached hydrogens (tertiary/aromatic N) is 1.